The normalized spacial score (nSPS) is 22.9. The molecule has 0 heterocycles. The van der Waals surface area contributed by atoms with Crippen LogP contribution in [0.2, 0.25) is 0 Å². The Morgan fingerprint density at radius 3 is 2.88 bits per heavy atom. The molecule has 0 saturated heterocycles. The van der Waals surface area contributed by atoms with Gasteiger partial charge in [0.1, 0.15) is 0 Å². The number of hydrogen-bond donors (Lipinski definition) is 3. The molecule has 4 heteroatoms. The topological polar surface area (TPSA) is 75.4 Å². The lowest BCUT2D eigenvalue weighted by Gasteiger charge is -2.31. The molecule has 1 aliphatic rings. The second kappa shape index (κ2) is 4.75. The van der Waals surface area contributed by atoms with Crippen molar-refractivity contribution in [2.24, 2.45) is 5.92 Å². The molecule has 0 atom stereocenters. The first kappa shape index (κ1) is 11.9. The molecule has 1 aromatic carbocycles. The number of benzene rings is 1. The van der Waals surface area contributed by atoms with Gasteiger partial charge in [-0.15, -0.1) is 0 Å². The maximum absolute atomic E-state index is 11.9. The number of aliphatic hydroxyl groups excluding tert-OH is 1. The first-order chi connectivity index (χ1) is 8.08. The van der Waals surface area contributed by atoms with E-state index >= 15 is 0 Å². The third kappa shape index (κ3) is 2.58. The number of carbonyl (C=O) groups excluding carboxylic acids is 1. The Morgan fingerprint density at radius 1 is 1.53 bits per heavy atom. The van der Waals surface area contributed by atoms with Gasteiger partial charge in [0.25, 0.3) is 5.91 Å². The number of anilines is 1. The number of rotatable bonds is 3. The van der Waals surface area contributed by atoms with Crippen LogP contribution in [0.25, 0.3) is 0 Å². The van der Waals surface area contributed by atoms with Gasteiger partial charge in [-0.25, -0.2) is 0 Å². The number of nitrogen functional groups attached to an aromatic ring is 1. The van der Waals surface area contributed by atoms with Crippen molar-refractivity contribution in [3.8, 4) is 0 Å². The highest BCUT2D eigenvalue weighted by Gasteiger charge is 2.27. The lowest BCUT2D eigenvalue weighted by molar-refractivity contribution is 0.0420. The molecule has 0 radical (unpaired) electrons. The lowest BCUT2D eigenvalue weighted by atomic mass is 9.82. The number of carbonyl (C=O) groups is 1. The van der Waals surface area contributed by atoms with Gasteiger partial charge in [-0.05, 0) is 43.4 Å². The Morgan fingerprint density at radius 2 is 2.24 bits per heavy atom. The highest BCUT2D eigenvalue weighted by molar-refractivity contribution is 5.96. The van der Waals surface area contributed by atoms with Gasteiger partial charge in [0, 0.05) is 17.8 Å². The van der Waals surface area contributed by atoms with Crippen molar-refractivity contribution < 1.29 is 9.90 Å². The third-order valence-electron chi connectivity index (χ3n) is 3.38. The van der Waals surface area contributed by atoms with Crippen LogP contribution in [0.15, 0.2) is 18.2 Å². The minimum Gasteiger partial charge on any atom is -0.398 e. The summed E-state index contributed by atoms with van der Waals surface area (Å²) >= 11 is 0. The van der Waals surface area contributed by atoms with Crippen LogP contribution in [-0.4, -0.2) is 23.7 Å². The van der Waals surface area contributed by atoms with Gasteiger partial charge in [0.05, 0.1) is 6.10 Å². The molecule has 0 unspecified atom stereocenters. The SMILES string of the molecule is Cc1c(N)cccc1C(=O)NCC1CC(O)C1. The van der Waals surface area contributed by atoms with E-state index in [-0.39, 0.29) is 12.0 Å². The molecule has 1 fully saturated rings. The molecular weight excluding hydrogens is 216 g/mol. The van der Waals surface area contributed by atoms with E-state index in [1.165, 1.54) is 0 Å². The molecule has 92 valence electrons. The van der Waals surface area contributed by atoms with Crippen molar-refractivity contribution in [1.82, 2.24) is 5.32 Å². The van der Waals surface area contributed by atoms with Crippen LogP contribution in [-0.2, 0) is 0 Å². The quantitative estimate of drug-likeness (QED) is 0.685. The van der Waals surface area contributed by atoms with Crippen LogP contribution >= 0.6 is 0 Å². The molecule has 0 spiro atoms. The molecule has 1 amide bonds. The molecule has 17 heavy (non-hydrogen) atoms. The van der Waals surface area contributed by atoms with Crippen LogP contribution < -0.4 is 11.1 Å². The van der Waals surface area contributed by atoms with Crippen LogP contribution in [0.3, 0.4) is 0 Å². The van der Waals surface area contributed by atoms with Crippen LogP contribution in [0.5, 0.6) is 0 Å². The third-order valence-corrected chi connectivity index (χ3v) is 3.38. The summed E-state index contributed by atoms with van der Waals surface area (Å²) < 4.78 is 0. The van der Waals surface area contributed by atoms with Gasteiger partial charge in [0.2, 0.25) is 0 Å². The number of nitrogens with two attached hydrogens (primary N) is 1. The van der Waals surface area contributed by atoms with Gasteiger partial charge in [-0.1, -0.05) is 6.07 Å². The van der Waals surface area contributed by atoms with E-state index in [0.717, 1.165) is 18.4 Å². The zero-order valence-electron chi connectivity index (χ0n) is 9.94. The Bertz CT molecular complexity index is 425. The first-order valence-corrected chi connectivity index (χ1v) is 5.89. The summed E-state index contributed by atoms with van der Waals surface area (Å²) in [7, 11) is 0. The minimum atomic E-state index is -0.175. The molecule has 0 aliphatic heterocycles. The van der Waals surface area contributed by atoms with Gasteiger partial charge in [-0.2, -0.15) is 0 Å². The van der Waals surface area contributed by atoms with Crippen molar-refractivity contribution in [3.63, 3.8) is 0 Å². The van der Waals surface area contributed by atoms with E-state index in [4.69, 9.17) is 10.8 Å². The summed E-state index contributed by atoms with van der Waals surface area (Å²) in [5.41, 5.74) is 7.84. The summed E-state index contributed by atoms with van der Waals surface area (Å²) in [6.45, 7) is 2.47. The van der Waals surface area contributed by atoms with E-state index in [2.05, 4.69) is 5.32 Å². The van der Waals surface area contributed by atoms with Gasteiger partial charge in [-0.3, -0.25) is 4.79 Å². The smallest absolute Gasteiger partial charge is 0.251 e. The van der Waals surface area contributed by atoms with Gasteiger partial charge in [0.15, 0.2) is 0 Å². The van der Waals surface area contributed by atoms with Crippen molar-refractivity contribution in [3.05, 3.63) is 29.3 Å². The second-order valence-electron chi connectivity index (χ2n) is 4.72. The number of aliphatic hydroxyl groups is 1. The molecule has 4 nitrogen and oxygen atoms in total. The fourth-order valence-electron chi connectivity index (χ4n) is 2.10. The molecule has 1 aliphatic carbocycles. The molecular formula is C13H18N2O2. The lowest BCUT2D eigenvalue weighted by Crippen LogP contribution is -2.38. The van der Waals surface area contributed by atoms with E-state index in [9.17, 15) is 4.79 Å². The van der Waals surface area contributed by atoms with Crippen LogP contribution in [0.1, 0.15) is 28.8 Å². The van der Waals surface area contributed by atoms with Crippen LogP contribution in [0, 0.1) is 12.8 Å². The Hall–Kier alpha value is -1.55. The zero-order chi connectivity index (χ0) is 12.4. The fourth-order valence-corrected chi connectivity index (χ4v) is 2.10. The first-order valence-electron chi connectivity index (χ1n) is 5.89. The maximum Gasteiger partial charge on any atom is 0.251 e. The summed E-state index contributed by atoms with van der Waals surface area (Å²) in [6.07, 6.45) is 1.40. The summed E-state index contributed by atoms with van der Waals surface area (Å²) in [6, 6.07) is 5.34. The molecule has 1 aromatic rings. The average molecular weight is 234 g/mol. The Balaban J connectivity index is 1.93. The monoisotopic (exact) mass is 234 g/mol. The van der Waals surface area contributed by atoms with Gasteiger partial charge < -0.3 is 16.2 Å². The summed E-state index contributed by atoms with van der Waals surface area (Å²) in [5.74, 6) is 0.325. The van der Waals surface area contributed by atoms with Gasteiger partial charge >= 0.3 is 0 Å². The Kier molecular flexibility index (Phi) is 3.33. The summed E-state index contributed by atoms with van der Waals surface area (Å²) in [5, 5.41) is 12.0. The minimum absolute atomic E-state index is 0.0869. The fraction of sp³-hybridized carbons (Fsp3) is 0.462. The zero-order valence-corrected chi connectivity index (χ0v) is 9.94. The highest BCUT2D eigenvalue weighted by atomic mass is 16.3. The van der Waals surface area contributed by atoms with E-state index in [0.29, 0.717) is 23.7 Å². The van der Waals surface area contributed by atoms with E-state index in [1.54, 1.807) is 18.2 Å². The van der Waals surface area contributed by atoms with E-state index in [1.807, 2.05) is 6.92 Å². The van der Waals surface area contributed by atoms with Crippen molar-refractivity contribution in [1.29, 1.82) is 0 Å². The summed E-state index contributed by atoms with van der Waals surface area (Å²) in [4.78, 5) is 11.9. The van der Waals surface area contributed by atoms with Crippen molar-refractivity contribution in [2.75, 3.05) is 12.3 Å². The Labute approximate surface area is 101 Å². The second-order valence-corrected chi connectivity index (χ2v) is 4.72. The van der Waals surface area contributed by atoms with Crippen molar-refractivity contribution in [2.45, 2.75) is 25.9 Å². The molecule has 0 aromatic heterocycles. The van der Waals surface area contributed by atoms with E-state index < -0.39 is 0 Å². The largest absolute Gasteiger partial charge is 0.398 e. The average Bonchev–Trinajstić information content (AvgIpc) is 2.26. The predicted molar refractivity (Wildman–Crippen MR) is 66.7 cm³/mol. The van der Waals surface area contributed by atoms with Crippen LogP contribution in [0.4, 0.5) is 5.69 Å². The standard InChI is InChI=1S/C13H18N2O2/c1-8-11(3-2-4-12(8)14)13(17)15-7-9-5-10(16)6-9/h2-4,9-10,16H,5-7,14H2,1H3,(H,15,17). The molecule has 1 saturated carbocycles. The van der Waals surface area contributed by atoms with Crippen molar-refractivity contribution >= 4 is 11.6 Å². The number of hydrogen-bond acceptors (Lipinski definition) is 3. The highest BCUT2D eigenvalue weighted by Crippen LogP contribution is 2.26. The molecule has 0 bridgehead atoms. The maximum atomic E-state index is 11.9. The predicted octanol–water partition coefficient (Wildman–Crippen LogP) is 1.08. The number of amides is 1. The number of nitrogens with one attached hydrogen (secondary N) is 1. The molecule has 2 rings (SSSR count). The molecule has 4 N–H and O–H groups in total.